The Morgan fingerprint density at radius 2 is 1.94 bits per heavy atom. The molecule has 3 N–H and O–H groups in total. The van der Waals surface area contributed by atoms with Gasteiger partial charge in [-0.25, -0.2) is 0 Å². The normalized spacial score (nSPS) is 33.6. The summed E-state index contributed by atoms with van der Waals surface area (Å²) in [6.45, 7) is 2.01. The van der Waals surface area contributed by atoms with Crippen LogP contribution in [0.2, 0.25) is 0 Å². The van der Waals surface area contributed by atoms with Gasteiger partial charge in [-0.3, -0.25) is 4.90 Å². The number of nitrogens with zero attached hydrogens (tertiary/aromatic N) is 1. The number of aliphatic hydroxyl groups excluding tert-OH is 1. The summed E-state index contributed by atoms with van der Waals surface area (Å²) >= 11 is 0. The predicted molar refractivity (Wildman–Crippen MR) is 67.6 cm³/mol. The molecule has 3 rings (SSSR count). The molecular weight excluding hydrogens is 212 g/mol. The summed E-state index contributed by atoms with van der Waals surface area (Å²) < 4.78 is 0. The number of rotatable bonds is 1. The van der Waals surface area contributed by atoms with E-state index in [9.17, 15) is 5.11 Å². The molecule has 2 aliphatic rings. The van der Waals surface area contributed by atoms with Crippen LogP contribution in [0, 0.1) is 0 Å². The average Bonchev–Trinajstić information content (AvgIpc) is 2.68. The fourth-order valence-corrected chi connectivity index (χ4v) is 3.22. The van der Waals surface area contributed by atoms with Gasteiger partial charge in [0.25, 0.3) is 0 Å². The molecular formula is C14H20N2O. The van der Waals surface area contributed by atoms with Gasteiger partial charge in [0, 0.05) is 25.2 Å². The van der Waals surface area contributed by atoms with E-state index in [1.165, 1.54) is 11.1 Å². The maximum absolute atomic E-state index is 10.0. The molecule has 3 heteroatoms. The van der Waals surface area contributed by atoms with Gasteiger partial charge in [-0.05, 0) is 30.4 Å². The summed E-state index contributed by atoms with van der Waals surface area (Å²) in [5, 5.41) is 10.0. The summed E-state index contributed by atoms with van der Waals surface area (Å²) in [5.74, 6) is 0. The van der Waals surface area contributed by atoms with E-state index in [0.29, 0.717) is 0 Å². The third kappa shape index (κ3) is 2.10. The molecule has 1 saturated carbocycles. The minimum absolute atomic E-state index is 0.173. The van der Waals surface area contributed by atoms with Crippen LogP contribution in [-0.4, -0.2) is 34.7 Å². The van der Waals surface area contributed by atoms with Crippen LogP contribution >= 0.6 is 0 Å². The van der Waals surface area contributed by atoms with Crippen molar-refractivity contribution in [2.45, 2.75) is 44.0 Å². The lowest BCUT2D eigenvalue weighted by molar-refractivity contribution is 0.0626. The third-order valence-electron chi connectivity index (χ3n) is 4.16. The Morgan fingerprint density at radius 3 is 2.65 bits per heavy atom. The topological polar surface area (TPSA) is 49.5 Å². The standard InChI is InChI=1S/C14H20N2O/c15-12-7-13(14(17)8-12)16-6-5-10-3-1-2-4-11(10)9-16/h1-4,12-14,17H,5-9,15H2/t12-,13-,14+/m0/s1. The van der Waals surface area contributed by atoms with E-state index >= 15 is 0 Å². The second kappa shape index (κ2) is 4.41. The van der Waals surface area contributed by atoms with Crippen molar-refractivity contribution in [3.8, 4) is 0 Å². The van der Waals surface area contributed by atoms with Crippen LogP contribution in [0.15, 0.2) is 24.3 Å². The first kappa shape index (κ1) is 11.2. The molecule has 0 unspecified atom stereocenters. The van der Waals surface area contributed by atoms with Crippen molar-refractivity contribution >= 4 is 0 Å². The van der Waals surface area contributed by atoms with E-state index in [1.54, 1.807) is 0 Å². The molecule has 1 aromatic rings. The summed E-state index contributed by atoms with van der Waals surface area (Å²) in [6.07, 6.45) is 2.54. The molecule has 0 amide bonds. The molecule has 3 nitrogen and oxygen atoms in total. The molecule has 0 radical (unpaired) electrons. The average molecular weight is 232 g/mol. The number of fused-ring (bicyclic) bond motifs is 1. The highest BCUT2D eigenvalue weighted by atomic mass is 16.3. The monoisotopic (exact) mass is 232 g/mol. The molecule has 1 heterocycles. The van der Waals surface area contributed by atoms with Crippen molar-refractivity contribution in [3.05, 3.63) is 35.4 Å². The van der Waals surface area contributed by atoms with E-state index in [-0.39, 0.29) is 18.2 Å². The van der Waals surface area contributed by atoms with Gasteiger partial charge in [0.1, 0.15) is 0 Å². The molecule has 0 bridgehead atoms. The highest BCUT2D eigenvalue weighted by molar-refractivity contribution is 5.29. The quantitative estimate of drug-likeness (QED) is 0.756. The first-order valence-corrected chi connectivity index (χ1v) is 6.48. The Labute approximate surface area is 102 Å². The van der Waals surface area contributed by atoms with E-state index < -0.39 is 0 Å². The van der Waals surface area contributed by atoms with Gasteiger partial charge >= 0.3 is 0 Å². The second-order valence-electron chi connectivity index (χ2n) is 5.36. The Kier molecular flexibility index (Phi) is 2.90. The van der Waals surface area contributed by atoms with Crippen molar-refractivity contribution in [2.75, 3.05) is 6.54 Å². The molecule has 0 spiro atoms. The molecule has 1 aromatic carbocycles. The number of aliphatic hydroxyl groups is 1. The van der Waals surface area contributed by atoms with Gasteiger partial charge in [0.2, 0.25) is 0 Å². The van der Waals surface area contributed by atoms with Crippen molar-refractivity contribution in [1.82, 2.24) is 4.90 Å². The minimum atomic E-state index is -0.240. The molecule has 0 saturated heterocycles. The Balaban J connectivity index is 1.76. The molecule has 0 aromatic heterocycles. The summed E-state index contributed by atoms with van der Waals surface area (Å²) in [4.78, 5) is 2.40. The summed E-state index contributed by atoms with van der Waals surface area (Å²) in [7, 11) is 0. The molecule has 1 aliphatic heterocycles. The molecule has 1 fully saturated rings. The number of benzene rings is 1. The summed E-state index contributed by atoms with van der Waals surface area (Å²) in [5.41, 5.74) is 8.80. The number of hydrogen-bond acceptors (Lipinski definition) is 3. The van der Waals surface area contributed by atoms with E-state index in [0.717, 1.165) is 32.4 Å². The highest BCUT2D eigenvalue weighted by Gasteiger charge is 2.36. The Morgan fingerprint density at radius 1 is 1.18 bits per heavy atom. The highest BCUT2D eigenvalue weighted by Crippen LogP contribution is 2.28. The van der Waals surface area contributed by atoms with Crippen LogP contribution in [-0.2, 0) is 13.0 Å². The van der Waals surface area contributed by atoms with Crippen LogP contribution in [0.5, 0.6) is 0 Å². The van der Waals surface area contributed by atoms with Crippen molar-refractivity contribution in [1.29, 1.82) is 0 Å². The molecule has 1 aliphatic carbocycles. The van der Waals surface area contributed by atoms with Crippen molar-refractivity contribution in [3.63, 3.8) is 0 Å². The zero-order valence-corrected chi connectivity index (χ0v) is 10.0. The maximum atomic E-state index is 10.0. The zero-order valence-electron chi connectivity index (χ0n) is 10.0. The molecule has 17 heavy (non-hydrogen) atoms. The van der Waals surface area contributed by atoms with Gasteiger partial charge in [0.05, 0.1) is 6.10 Å². The van der Waals surface area contributed by atoms with Crippen molar-refractivity contribution in [2.24, 2.45) is 5.73 Å². The first-order chi connectivity index (χ1) is 8.24. The fourth-order valence-electron chi connectivity index (χ4n) is 3.22. The van der Waals surface area contributed by atoms with Gasteiger partial charge in [-0.1, -0.05) is 24.3 Å². The number of nitrogens with two attached hydrogens (primary N) is 1. The number of hydrogen-bond donors (Lipinski definition) is 2. The second-order valence-corrected chi connectivity index (χ2v) is 5.36. The van der Waals surface area contributed by atoms with Gasteiger partial charge in [-0.15, -0.1) is 0 Å². The van der Waals surface area contributed by atoms with E-state index in [1.807, 2.05) is 0 Å². The SMILES string of the molecule is N[C@@H]1C[C@@H](O)[C@@H](N2CCc3ccccc3C2)C1. The molecule has 92 valence electrons. The Bertz CT molecular complexity index is 407. The molecule has 3 atom stereocenters. The fraction of sp³-hybridized carbons (Fsp3) is 0.571. The Hall–Kier alpha value is -0.900. The van der Waals surface area contributed by atoms with Crippen molar-refractivity contribution < 1.29 is 5.11 Å². The van der Waals surface area contributed by atoms with Crippen LogP contribution in [0.1, 0.15) is 24.0 Å². The van der Waals surface area contributed by atoms with Gasteiger partial charge in [0.15, 0.2) is 0 Å². The minimum Gasteiger partial charge on any atom is -0.391 e. The lowest BCUT2D eigenvalue weighted by Gasteiger charge is -2.35. The largest absolute Gasteiger partial charge is 0.391 e. The van der Waals surface area contributed by atoms with Crippen LogP contribution < -0.4 is 5.73 Å². The first-order valence-electron chi connectivity index (χ1n) is 6.48. The van der Waals surface area contributed by atoms with Crippen LogP contribution in [0.4, 0.5) is 0 Å². The lowest BCUT2D eigenvalue weighted by atomic mass is 9.98. The van der Waals surface area contributed by atoms with Crippen LogP contribution in [0.3, 0.4) is 0 Å². The smallest absolute Gasteiger partial charge is 0.0710 e. The van der Waals surface area contributed by atoms with E-state index in [4.69, 9.17) is 5.73 Å². The van der Waals surface area contributed by atoms with Gasteiger partial charge < -0.3 is 10.8 Å². The zero-order chi connectivity index (χ0) is 11.8. The van der Waals surface area contributed by atoms with Gasteiger partial charge in [-0.2, -0.15) is 0 Å². The maximum Gasteiger partial charge on any atom is 0.0710 e. The van der Waals surface area contributed by atoms with E-state index in [2.05, 4.69) is 29.2 Å². The predicted octanol–water partition coefficient (Wildman–Crippen LogP) is 0.895. The third-order valence-corrected chi connectivity index (χ3v) is 4.16. The summed E-state index contributed by atoms with van der Waals surface area (Å²) in [6, 6.07) is 9.05. The lowest BCUT2D eigenvalue weighted by Crippen LogP contribution is -2.43. The van der Waals surface area contributed by atoms with Crippen LogP contribution in [0.25, 0.3) is 0 Å².